The van der Waals surface area contributed by atoms with Crippen molar-refractivity contribution >= 4 is 5.78 Å². The minimum Gasteiger partial charge on any atom is -0.294 e. The van der Waals surface area contributed by atoms with Crippen molar-refractivity contribution in [1.82, 2.24) is 0 Å². The molecule has 1 unspecified atom stereocenters. The lowest BCUT2D eigenvalue weighted by Gasteiger charge is -2.10. The van der Waals surface area contributed by atoms with Gasteiger partial charge in [-0.3, -0.25) is 9.18 Å². The SMILES string of the molecule is CCCCC(=O)c1ccc(C(C)C(F)F)cc1.CCCCCCC.CF. The molecule has 0 saturated heterocycles. The third-order valence-electron chi connectivity index (χ3n) is 4.10. The van der Waals surface area contributed by atoms with E-state index in [9.17, 15) is 18.0 Å². The molecule has 152 valence electrons. The molecule has 0 bridgehead atoms. The first-order valence-electron chi connectivity index (χ1n) is 9.76. The van der Waals surface area contributed by atoms with E-state index in [4.69, 9.17) is 0 Å². The minimum atomic E-state index is -2.36. The van der Waals surface area contributed by atoms with Crippen LogP contribution in [0.4, 0.5) is 13.2 Å². The van der Waals surface area contributed by atoms with Crippen molar-refractivity contribution in [3.63, 3.8) is 0 Å². The Morgan fingerprint density at radius 1 is 0.846 bits per heavy atom. The molecule has 0 spiro atoms. The summed E-state index contributed by atoms with van der Waals surface area (Å²) in [6, 6.07) is 6.53. The van der Waals surface area contributed by atoms with Gasteiger partial charge in [-0.05, 0) is 12.0 Å². The lowest BCUT2D eigenvalue weighted by Crippen LogP contribution is -2.05. The predicted molar refractivity (Wildman–Crippen MR) is 106 cm³/mol. The first kappa shape index (κ1) is 26.9. The van der Waals surface area contributed by atoms with Gasteiger partial charge >= 0.3 is 0 Å². The van der Waals surface area contributed by atoms with Crippen LogP contribution in [-0.2, 0) is 0 Å². The summed E-state index contributed by atoms with van der Waals surface area (Å²) in [6.45, 7) is 8.00. The molecule has 1 rings (SSSR count). The van der Waals surface area contributed by atoms with Crippen LogP contribution in [0.25, 0.3) is 0 Å². The molecule has 1 aromatic rings. The second kappa shape index (κ2) is 18.5. The molecule has 26 heavy (non-hydrogen) atoms. The van der Waals surface area contributed by atoms with Crippen molar-refractivity contribution in [3.05, 3.63) is 35.4 Å². The zero-order valence-electron chi connectivity index (χ0n) is 17.2. The quantitative estimate of drug-likeness (QED) is 0.299. The molecule has 0 radical (unpaired) electrons. The van der Waals surface area contributed by atoms with Crippen LogP contribution in [0.3, 0.4) is 0 Å². The van der Waals surface area contributed by atoms with Crippen LogP contribution in [0.15, 0.2) is 24.3 Å². The van der Waals surface area contributed by atoms with Gasteiger partial charge in [0.05, 0.1) is 7.18 Å². The monoisotopic (exact) mass is 374 g/mol. The number of alkyl halides is 3. The van der Waals surface area contributed by atoms with E-state index < -0.39 is 12.3 Å². The topological polar surface area (TPSA) is 17.1 Å². The number of rotatable bonds is 10. The Kier molecular flexibility index (Phi) is 19.1. The maximum atomic E-state index is 12.5. The fraction of sp³-hybridized carbons (Fsp3) is 0.682. The van der Waals surface area contributed by atoms with Crippen molar-refractivity contribution in [2.24, 2.45) is 0 Å². The number of ketones is 1. The first-order chi connectivity index (χ1) is 12.5. The van der Waals surface area contributed by atoms with E-state index >= 15 is 0 Å². The molecular formula is C22H37F3O. The molecule has 1 atom stereocenters. The van der Waals surface area contributed by atoms with Crippen molar-refractivity contribution in [1.29, 1.82) is 0 Å². The summed E-state index contributed by atoms with van der Waals surface area (Å²) in [4.78, 5) is 11.7. The Bertz CT molecular complexity index is 426. The summed E-state index contributed by atoms with van der Waals surface area (Å²) in [7, 11) is 0.500. The van der Waals surface area contributed by atoms with Crippen molar-refractivity contribution < 1.29 is 18.0 Å². The maximum Gasteiger partial charge on any atom is 0.245 e. The second-order valence-corrected chi connectivity index (χ2v) is 6.33. The fourth-order valence-corrected chi connectivity index (χ4v) is 2.28. The second-order valence-electron chi connectivity index (χ2n) is 6.33. The van der Waals surface area contributed by atoms with Crippen LogP contribution in [0, 0.1) is 0 Å². The number of Topliss-reactive ketones (excluding diaryl/α,β-unsaturated/α-hetero) is 1. The van der Waals surface area contributed by atoms with E-state index in [1.165, 1.54) is 39.0 Å². The highest BCUT2D eigenvalue weighted by atomic mass is 19.3. The Hall–Kier alpha value is -1.32. The van der Waals surface area contributed by atoms with Gasteiger partial charge in [-0.25, -0.2) is 8.78 Å². The number of halogens is 3. The highest BCUT2D eigenvalue weighted by Gasteiger charge is 2.16. The van der Waals surface area contributed by atoms with E-state index in [1.807, 2.05) is 6.92 Å². The molecule has 1 nitrogen and oxygen atoms in total. The van der Waals surface area contributed by atoms with Crippen LogP contribution < -0.4 is 0 Å². The molecule has 0 fully saturated rings. The summed E-state index contributed by atoms with van der Waals surface area (Å²) in [5.41, 5.74) is 1.19. The number of hydrogen-bond donors (Lipinski definition) is 0. The summed E-state index contributed by atoms with van der Waals surface area (Å²) >= 11 is 0. The summed E-state index contributed by atoms with van der Waals surface area (Å²) in [5.74, 6) is -0.696. The van der Waals surface area contributed by atoms with E-state index in [-0.39, 0.29) is 5.78 Å². The van der Waals surface area contributed by atoms with Crippen LogP contribution in [0.2, 0.25) is 0 Å². The largest absolute Gasteiger partial charge is 0.294 e. The minimum absolute atomic E-state index is 0.0862. The number of unbranched alkanes of at least 4 members (excludes halogenated alkanes) is 5. The van der Waals surface area contributed by atoms with E-state index in [2.05, 4.69) is 13.8 Å². The van der Waals surface area contributed by atoms with Gasteiger partial charge in [-0.1, -0.05) is 90.5 Å². The Morgan fingerprint density at radius 3 is 1.69 bits per heavy atom. The number of carbonyl (C=O) groups excluding carboxylic acids is 1. The van der Waals surface area contributed by atoms with Gasteiger partial charge in [0, 0.05) is 17.9 Å². The Labute approximate surface area is 158 Å². The van der Waals surface area contributed by atoms with Crippen molar-refractivity contribution in [2.75, 3.05) is 7.18 Å². The van der Waals surface area contributed by atoms with Gasteiger partial charge in [-0.2, -0.15) is 0 Å². The summed E-state index contributed by atoms with van der Waals surface area (Å²) in [6.07, 6.45) is 7.02. The van der Waals surface area contributed by atoms with Gasteiger partial charge in [0.25, 0.3) is 0 Å². The Morgan fingerprint density at radius 2 is 1.31 bits per heavy atom. The normalized spacial score (nSPS) is 11.1. The van der Waals surface area contributed by atoms with Crippen LogP contribution >= 0.6 is 0 Å². The Balaban J connectivity index is 0. The molecule has 0 heterocycles. The highest BCUT2D eigenvalue weighted by Crippen LogP contribution is 2.23. The molecule has 0 aliphatic rings. The molecular weight excluding hydrogens is 337 g/mol. The summed E-state index contributed by atoms with van der Waals surface area (Å²) in [5, 5.41) is 0. The third kappa shape index (κ3) is 13.0. The molecule has 1 aromatic carbocycles. The smallest absolute Gasteiger partial charge is 0.245 e. The molecule has 0 N–H and O–H groups in total. The van der Waals surface area contributed by atoms with E-state index in [0.29, 0.717) is 24.7 Å². The zero-order valence-corrected chi connectivity index (χ0v) is 17.2. The number of benzene rings is 1. The van der Waals surface area contributed by atoms with Crippen LogP contribution in [0.1, 0.15) is 101 Å². The van der Waals surface area contributed by atoms with Gasteiger partial charge in [0.15, 0.2) is 5.78 Å². The third-order valence-corrected chi connectivity index (χ3v) is 4.10. The van der Waals surface area contributed by atoms with Crippen LogP contribution in [0.5, 0.6) is 0 Å². The molecule has 0 aliphatic carbocycles. The average molecular weight is 375 g/mol. The van der Waals surface area contributed by atoms with E-state index in [0.717, 1.165) is 12.8 Å². The highest BCUT2D eigenvalue weighted by molar-refractivity contribution is 5.96. The van der Waals surface area contributed by atoms with Gasteiger partial charge in [-0.15, -0.1) is 0 Å². The summed E-state index contributed by atoms with van der Waals surface area (Å²) < 4.78 is 34.4. The van der Waals surface area contributed by atoms with E-state index in [1.54, 1.807) is 24.3 Å². The number of hydrogen-bond acceptors (Lipinski definition) is 1. The number of carbonyl (C=O) groups is 1. The molecule has 4 heteroatoms. The van der Waals surface area contributed by atoms with Crippen molar-refractivity contribution in [2.45, 2.75) is 91.4 Å². The van der Waals surface area contributed by atoms with Gasteiger partial charge in [0.2, 0.25) is 6.43 Å². The predicted octanol–water partition coefficient (Wildman–Crippen LogP) is 7.99. The lowest BCUT2D eigenvalue weighted by molar-refractivity contribution is 0.0979. The zero-order chi connectivity index (χ0) is 20.4. The molecule has 0 amide bonds. The first-order valence-corrected chi connectivity index (χ1v) is 9.76. The van der Waals surface area contributed by atoms with Crippen molar-refractivity contribution in [3.8, 4) is 0 Å². The standard InChI is InChI=1S/C14H18F2O.C7H16.CH3F/c1-3-4-5-13(17)12-8-6-11(7-9-12)10(2)14(15)16;1-3-5-7-6-4-2;1-2/h6-10,14H,3-5H2,1-2H3;3-7H2,1-2H3;1H3. The fourth-order valence-electron chi connectivity index (χ4n) is 2.28. The molecule has 0 aromatic heterocycles. The molecule has 0 saturated carbocycles. The average Bonchev–Trinajstić information content (AvgIpc) is 2.68. The maximum absolute atomic E-state index is 12.5. The lowest BCUT2D eigenvalue weighted by atomic mass is 9.98. The van der Waals surface area contributed by atoms with Gasteiger partial charge in [0.1, 0.15) is 0 Å². The van der Waals surface area contributed by atoms with Crippen LogP contribution in [-0.4, -0.2) is 19.4 Å². The molecule has 0 aliphatic heterocycles. The van der Waals surface area contributed by atoms with Gasteiger partial charge < -0.3 is 0 Å².